The monoisotopic (exact) mass is 193 g/mol. The molecule has 1 rings (SSSR count). The van der Waals surface area contributed by atoms with Gasteiger partial charge >= 0.3 is 0 Å². The topological polar surface area (TPSA) is 54.0 Å². The van der Waals surface area contributed by atoms with Gasteiger partial charge in [0.05, 0.1) is 18.8 Å². The van der Waals surface area contributed by atoms with E-state index in [9.17, 15) is 4.79 Å². The van der Waals surface area contributed by atoms with Gasteiger partial charge in [0.1, 0.15) is 0 Å². The van der Waals surface area contributed by atoms with Gasteiger partial charge in [-0.05, 0) is 25.6 Å². The molecule has 0 spiro atoms. The number of aryl methyl sites for hydroxylation is 1. The van der Waals surface area contributed by atoms with Crippen LogP contribution in [-0.4, -0.2) is 24.5 Å². The minimum absolute atomic E-state index is 0.0162. The highest BCUT2D eigenvalue weighted by atomic mass is 16.1. The Morgan fingerprint density at radius 3 is 3.00 bits per heavy atom. The van der Waals surface area contributed by atoms with Gasteiger partial charge in [-0.3, -0.25) is 9.78 Å². The van der Waals surface area contributed by atoms with E-state index in [-0.39, 0.29) is 5.91 Å². The van der Waals surface area contributed by atoms with Crippen molar-refractivity contribution >= 4 is 5.91 Å². The van der Waals surface area contributed by atoms with E-state index in [1.54, 1.807) is 13.2 Å². The van der Waals surface area contributed by atoms with Crippen LogP contribution in [0.5, 0.6) is 0 Å². The van der Waals surface area contributed by atoms with Crippen molar-refractivity contribution in [2.45, 2.75) is 13.5 Å². The second kappa shape index (κ2) is 5.34. The molecule has 4 heteroatoms. The smallest absolute Gasteiger partial charge is 0.234 e. The van der Waals surface area contributed by atoms with E-state index in [0.29, 0.717) is 13.1 Å². The average Bonchev–Trinajstić information content (AvgIpc) is 2.17. The standard InChI is InChI=1S/C10H15N3O/c1-8-4-3-5-12-9(8)6-13-10(14)7-11-2/h3-5,11H,6-7H2,1-2H3,(H,13,14). The van der Waals surface area contributed by atoms with Gasteiger partial charge < -0.3 is 10.6 Å². The predicted octanol–water partition coefficient (Wildman–Crippen LogP) is 0.226. The fraction of sp³-hybridized carbons (Fsp3) is 0.400. The van der Waals surface area contributed by atoms with Crippen LogP contribution < -0.4 is 10.6 Å². The quantitative estimate of drug-likeness (QED) is 0.719. The highest BCUT2D eigenvalue weighted by molar-refractivity contribution is 5.77. The lowest BCUT2D eigenvalue weighted by Gasteiger charge is -2.06. The molecule has 0 aliphatic heterocycles. The Morgan fingerprint density at radius 1 is 1.57 bits per heavy atom. The molecule has 0 fully saturated rings. The van der Waals surface area contributed by atoms with Crippen LogP contribution >= 0.6 is 0 Å². The highest BCUT2D eigenvalue weighted by Crippen LogP contribution is 2.01. The summed E-state index contributed by atoms with van der Waals surface area (Å²) in [7, 11) is 1.74. The van der Waals surface area contributed by atoms with E-state index in [1.165, 1.54) is 0 Å². The molecule has 0 unspecified atom stereocenters. The molecule has 1 aromatic heterocycles. The third kappa shape index (κ3) is 3.14. The van der Waals surface area contributed by atoms with E-state index in [2.05, 4.69) is 15.6 Å². The zero-order valence-corrected chi connectivity index (χ0v) is 8.50. The van der Waals surface area contributed by atoms with Gasteiger partial charge in [-0.1, -0.05) is 6.07 Å². The molecule has 0 atom stereocenters. The van der Waals surface area contributed by atoms with Crippen molar-refractivity contribution < 1.29 is 4.79 Å². The second-order valence-corrected chi connectivity index (χ2v) is 3.07. The maximum atomic E-state index is 11.1. The Kier molecular flexibility index (Phi) is 4.07. The summed E-state index contributed by atoms with van der Waals surface area (Å²) in [4.78, 5) is 15.3. The van der Waals surface area contributed by atoms with Gasteiger partial charge in [-0.2, -0.15) is 0 Å². The third-order valence-electron chi connectivity index (χ3n) is 1.91. The predicted molar refractivity (Wildman–Crippen MR) is 54.7 cm³/mol. The lowest BCUT2D eigenvalue weighted by atomic mass is 10.2. The van der Waals surface area contributed by atoms with Gasteiger partial charge in [0.25, 0.3) is 0 Å². The molecule has 0 bridgehead atoms. The van der Waals surface area contributed by atoms with Crippen LogP contribution in [0.3, 0.4) is 0 Å². The molecule has 0 saturated carbocycles. The molecule has 4 nitrogen and oxygen atoms in total. The summed E-state index contributed by atoms with van der Waals surface area (Å²) in [5.74, 6) is -0.0162. The molecular weight excluding hydrogens is 178 g/mol. The number of pyridine rings is 1. The first-order chi connectivity index (χ1) is 6.74. The molecule has 0 radical (unpaired) electrons. The van der Waals surface area contributed by atoms with Gasteiger partial charge in [0.2, 0.25) is 5.91 Å². The molecule has 2 N–H and O–H groups in total. The molecule has 0 saturated heterocycles. The summed E-state index contributed by atoms with van der Waals surface area (Å²) in [5.41, 5.74) is 2.01. The Labute approximate surface area is 83.7 Å². The van der Waals surface area contributed by atoms with Crippen molar-refractivity contribution in [1.82, 2.24) is 15.6 Å². The van der Waals surface area contributed by atoms with E-state index in [4.69, 9.17) is 0 Å². The first kappa shape index (κ1) is 10.7. The van der Waals surface area contributed by atoms with E-state index >= 15 is 0 Å². The van der Waals surface area contributed by atoms with Crippen molar-refractivity contribution in [3.05, 3.63) is 29.6 Å². The Hall–Kier alpha value is -1.42. The van der Waals surface area contributed by atoms with Crippen molar-refractivity contribution in [3.63, 3.8) is 0 Å². The fourth-order valence-corrected chi connectivity index (χ4v) is 1.11. The summed E-state index contributed by atoms with van der Waals surface area (Å²) in [6.45, 7) is 2.81. The molecular formula is C10H15N3O. The van der Waals surface area contributed by atoms with E-state index in [0.717, 1.165) is 11.3 Å². The zero-order chi connectivity index (χ0) is 10.4. The first-order valence-corrected chi connectivity index (χ1v) is 4.56. The molecule has 1 amide bonds. The van der Waals surface area contributed by atoms with Crippen LogP contribution in [0.25, 0.3) is 0 Å². The second-order valence-electron chi connectivity index (χ2n) is 3.07. The Balaban J connectivity index is 2.46. The van der Waals surface area contributed by atoms with Crippen LogP contribution in [-0.2, 0) is 11.3 Å². The number of carbonyl (C=O) groups is 1. The molecule has 1 heterocycles. The number of nitrogens with zero attached hydrogens (tertiary/aromatic N) is 1. The fourth-order valence-electron chi connectivity index (χ4n) is 1.11. The lowest BCUT2D eigenvalue weighted by molar-refractivity contribution is -0.120. The van der Waals surface area contributed by atoms with Crippen LogP contribution in [0, 0.1) is 6.92 Å². The Morgan fingerprint density at radius 2 is 2.36 bits per heavy atom. The molecule has 1 aromatic rings. The lowest BCUT2D eigenvalue weighted by Crippen LogP contribution is -2.32. The first-order valence-electron chi connectivity index (χ1n) is 4.56. The maximum Gasteiger partial charge on any atom is 0.234 e. The molecule has 76 valence electrons. The van der Waals surface area contributed by atoms with Crippen LogP contribution in [0.1, 0.15) is 11.3 Å². The maximum absolute atomic E-state index is 11.1. The number of amides is 1. The number of aromatic nitrogens is 1. The van der Waals surface area contributed by atoms with Gasteiger partial charge in [0.15, 0.2) is 0 Å². The zero-order valence-electron chi connectivity index (χ0n) is 8.50. The highest BCUT2D eigenvalue weighted by Gasteiger charge is 2.01. The van der Waals surface area contributed by atoms with E-state index < -0.39 is 0 Å². The normalized spacial score (nSPS) is 9.86. The molecule has 14 heavy (non-hydrogen) atoms. The summed E-state index contributed by atoms with van der Waals surface area (Å²) < 4.78 is 0. The summed E-state index contributed by atoms with van der Waals surface area (Å²) in [6.07, 6.45) is 1.73. The molecule has 0 aromatic carbocycles. The number of carbonyl (C=O) groups excluding carboxylic acids is 1. The van der Waals surface area contributed by atoms with Crippen molar-refractivity contribution in [2.75, 3.05) is 13.6 Å². The third-order valence-corrected chi connectivity index (χ3v) is 1.91. The number of hydrogen-bond donors (Lipinski definition) is 2. The summed E-state index contributed by atoms with van der Waals surface area (Å²) in [5, 5.41) is 5.56. The Bertz CT molecular complexity index is 312. The number of hydrogen-bond acceptors (Lipinski definition) is 3. The minimum atomic E-state index is -0.0162. The molecule has 0 aliphatic rings. The van der Waals surface area contributed by atoms with Crippen molar-refractivity contribution in [2.24, 2.45) is 0 Å². The summed E-state index contributed by atoms with van der Waals surface area (Å²) in [6, 6.07) is 3.86. The average molecular weight is 193 g/mol. The number of nitrogens with one attached hydrogen (secondary N) is 2. The molecule has 0 aliphatic carbocycles. The minimum Gasteiger partial charge on any atom is -0.349 e. The van der Waals surface area contributed by atoms with Gasteiger partial charge in [0, 0.05) is 6.20 Å². The number of likely N-dealkylation sites (N-methyl/N-ethyl adjacent to an activating group) is 1. The van der Waals surface area contributed by atoms with Gasteiger partial charge in [-0.15, -0.1) is 0 Å². The van der Waals surface area contributed by atoms with Crippen LogP contribution in [0.4, 0.5) is 0 Å². The van der Waals surface area contributed by atoms with Gasteiger partial charge in [-0.25, -0.2) is 0 Å². The van der Waals surface area contributed by atoms with Crippen molar-refractivity contribution in [3.8, 4) is 0 Å². The number of rotatable bonds is 4. The van der Waals surface area contributed by atoms with E-state index in [1.807, 2.05) is 19.1 Å². The van der Waals surface area contributed by atoms with Crippen LogP contribution in [0.2, 0.25) is 0 Å². The largest absolute Gasteiger partial charge is 0.349 e. The SMILES string of the molecule is CNCC(=O)NCc1ncccc1C. The van der Waals surface area contributed by atoms with Crippen molar-refractivity contribution in [1.29, 1.82) is 0 Å². The van der Waals surface area contributed by atoms with Crippen LogP contribution in [0.15, 0.2) is 18.3 Å². The summed E-state index contributed by atoms with van der Waals surface area (Å²) >= 11 is 0.